The molecule has 0 aliphatic rings. The van der Waals surface area contributed by atoms with Gasteiger partial charge in [-0.1, -0.05) is 12.1 Å². The molecule has 0 spiro atoms. The molecule has 0 heterocycles. The molecule has 0 aliphatic carbocycles. The standard InChI is InChI=1S/C15H13ClINO2/c16-8-7-10-1-4-12(5-2-10)18-15(20)11-3-6-13(17)14(19)9-11/h1-6,9,19H,7-8H2,(H,18,20). The van der Waals surface area contributed by atoms with Crippen LogP contribution in [0.15, 0.2) is 42.5 Å². The first-order valence-corrected chi connectivity index (χ1v) is 7.66. The monoisotopic (exact) mass is 401 g/mol. The summed E-state index contributed by atoms with van der Waals surface area (Å²) in [6.07, 6.45) is 0.806. The van der Waals surface area contributed by atoms with Crippen molar-refractivity contribution < 1.29 is 9.90 Å². The Balaban J connectivity index is 2.08. The van der Waals surface area contributed by atoms with E-state index < -0.39 is 0 Å². The number of hydrogen-bond donors (Lipinski definition) is 2. The van der Waals surface area contributed by atoms with E-state index in [1.807, 2.05) is 46.9 Å². The Labute approximate surface area is 136 Å². The van der Waals surface area contributed by atoms with E-state index in [1.54, 1.807) is 12.1 Å². The number of carbonyl (C=O) groups excluding carboxylic acids is 1. The number of amides is 1. The second-order valence-electron chi connectivity index (χ2n) is 4.26. The summed E-state index contributed by atoms with van der Waals surface area (Å²) in [4.78, 5) is 12.0. The molecule has 5 heteroatoms. The number of aryl methyl sites for hydroxylation is 1. The maximum absolute atomic E-state index is 12.0. The molecule has 2 aromatic carbocycles. The number of rotatable bonds is 4. The molecule has 0 bridgehead atoms. The Hall–Kier alpha value is -1.27. The predicted molar refractivity (Wildman–Crippen MR) is 89.6 cm³/mol. The molecule has 0 saturated carbocycles. The van der Waals surface area contributed by atoms with Gasteiger partial charge in [0.2, 0.25) is 0 Å². The van der Waals surface area contributed by atoms with Crippen LogP contribution < -0.4 is 5.32 Å². The fraction of sp³-hybridized carbons (Fsp3) is 0.133. The van der Waals surface area contributed by atoms with Gasteiger partial charge < -0.3 is 10.4 Å². The Morgan fingerprint density at radius 1 is 1.20 bits per heavy atom. The van der Waals surface area contributed by atoms with Gasteiger partial charge in [-0.05, 0) is 64.9 Å². The molecule has 2 aromatic rings. The average molecular weight is 402 g/mol. The molecule has 0 unspecified atom stereocenters. The predicted octanol–water partition coefficient (Wildman–Crippen LogP) is 4.03. The van der Waals surface area contributed by atoms with Gasteiger partial charge in [0.05, 0.1) is 3.57 Å². The molecule has 0 fully saturated rings. The minimum Gasteiger partial charge on any atom is -0.507 e. The third-order valence-electron chi connectivity index (χ3n) is 2.80. The van der Waals surface area contributed by atoms with Crippen molar-refractivity contribution in [3.8, 4) is 5.75 Å². The van der Waals surface area contributed by atoms with Crippen LogP contribution in [0.1, 0.15) is 15.9 Å². The highest BCUT2D eigenvalue weighted by molar-refractivity contribution is 14.1. The largest absolute Gasteiger partial charge is 0.507 e. The first-order valence-electron chi connectivity index (χ1n) is 6.05. The second kappa shape index (κ2) is 6.95. The van der Waals surface area contributed by atoms with Crippen LogP contribution in [0.2, 0.25) is 0 Å². The fourth-order valence-electron chi connectivity index (χ4n) is 1.72. The maximum Gasteiger partial charge on any atom is 0.255 e. The molecule has 0 radical (unpaired) electrons. The highest BCUT2D eigenvalue weighted by atomic mass is 127. The number of anilines is 1. The van der Waals surface area contributed by atoms with Crippen molar-refractivity contribution in [3.05, 3.63) is 57.2 Å². The summed E-state index contributed by atoms with van der Waals surface area (Å²) in [5.74, 6) is 0.436. The van der Waals surface area contributed by atoms with E-state index in [9.17, 15) is 9.90 Å². The van der Waals surface area contributed by atoms with Crippen molar-refractivity contribution in [2.75, 3.05) is 11.2 Å². The molecular formula is C15H13ClINO2. The Kier molecular flexibility index (Phi) is 5.25. The molecule has 2 rings (SSSR count). The van der Waals surface area contributed by atoms with Crippen LogP contribution in [0.3, 0.4) is 0 Å². The van der Waals surface area contributed by atoms with Gasteiger partial charge in [-0.15, -0.1) is 11.6 Å². The van der Waals surface area contributed by atoms with Gasteiger partial charge in [-0.3, -0.25) is 4.79 Å². The number of phenols is 1. The van der Waals surface area contributed by atoms with Crippen LogP contribution >= 0.6 is 34.2 Å². The number of phenolic OH excluding ortho intramolecular Hbond substituents is 1. The lowest BCUT2D eigenvalue weighted by molar-refractivity contribution is 0.102. The van der Waals surface area contributed by atoms with Gasteiger partial charge in [0, 0.05) is 17.1 Å². The van der Waals surface area contributed by atoms with Crippen LogP contribution in [-0.4, -0.2) is 16.9 Å². The molecule has 3 nitrogen and oxygen atoms in total. The third-order valence-corrected chi connectivity index (χ3v) is 3.90. The van der Waals surface area contributed by atoms with Gasteiger partial charge in [-0.25, -0.2) is 0 Å². The van der Waals surface area contributed by atoms with Crippen molar-refractivity contribution >= 4 is 45.8 Å². The van der Waals surface area contributed by atoms with Crippen LogP contribution in [0, 0.1) is 3.57 Å². The summed E-state index contributed by atoms with van der Waals surface area (Å²) in [5.41, 5.74) is 2.27. The van der Waals surface area contributed by atoms with E-state index in [0.717, 1.165) is 12.0 Å². The highest BCUT2D eigenvalue weighted by Crippen LogP contribution is 2.21. The minimum atomic E-state index is -0.248. The van der Waals surface area contributed by atoms with E-state index >= 15 is 0 Å². The smallest absolute Gasteiger partial charge is 0.255 e. The first kappa shape index (κ1) is 15.1. The highest BCUT2D eigenvalue weighted by Gasteiger charge is 2.08. The van der Waals surface area contributed by atoms with Crippen molar-refractivity contribution in [1.82, 2.24) is 0 Å². The van der Waals surface area contributed by atoms with Crippen molar-refractivity contribution in [1.29, 1.82) is 0 Å². The summed E-state index contributed by atoms with van der Waals surface area (Å²) in [6.45, 7) is 0. The zero-order chi connectivity index (χ0) is 14.5. The number of alkyl halides is 1. The number of hydrogen-bond acceptors (Lipinski definition) is 2. The lowest BCUT2D eigenvalue weighted by Crippen LogP contribution is -2.11. The Bertz CT molecular complexity index is 614. The number of aromatic hydroxyl groups is 1. The number of nitrogens with one attached hydrogen (secondary N) is 1. The number of benzene rings is 2. The maximum atomic E-state index is 12.0. The van der Waals surface area contributed by atoms with Gasteiger partial charge in [0.1, 0.15) is 5.75 Å². The number of carbonyl (C=O) groups is 1. The summed E-state index contributed by atoms with van der Waals surface area (Å²) in [6, 6.07) is 12.4. The zero-order valence-electron chi connectivity index (χ0n) is 10.6. The van der Waals surface area contributed by atoms with Crippen LogP contribution in [0.25, 0.3) is 0 Å². The number of halogens is 2. The SMILES string of the molecule is O=C(Nc1ccc(CCCl)cc1)c1ccc(I)c(O)c1. The summed E-state index contributed by atoms with van der Waals surface area (Å²) in [7, 11) is 0. The summed E-state index contributed by atoms with van der Waals surface area (Å²) < 4.78 is 0.713. The summed E-state index contributed by atoms with van der Waals surface area (Å²) in [5, 5.41) is 12.4. The average Bonchev–Trinajstić information content (AvgIpc) is 2.44. The molecule has 0 saturated heterocycles. The molecule has 104 valence electrons. The molecule has 1 amide bonds. The minimum absolute atomic E-state index is 0.107. The molecule has 0 aromatic heterocycles. The topological polar surface area (TPSA) is 49.3 Å². The fourth-order valence-corrected chi connectivity index (χ4v) is 2.27. The lowest BCUT2D eigenvalue weighted by atomic mass is 10.1. The third kappa shape index (κ3) is 3.86. The van der Waals surface area contributed by atoms with Crippen LogP contribution in [0.4, 0.5) is 5.69 Å². The molecule has 2 N–H and O–H groups in total. The zero-order valence-corrected chi connectivity index (χ0v) is 13.5. The molecule has 0 aliphatic heterocycles. The van der Waals surface area contributed by atoms with E-state index in [0.29, 0.717) is 20.7 Å². The van der Waals surface area contributed by atoms with Gasteiger partial charge in [0.15, 0.2) is 0 Å². The van der Waals surface area contributed by atoms with Gasteiger partial charge in [0.25, 0.3) is 5.91 Å². The van der Waals surface area contributed by atoms with Crippen molar-refractivity contribution in [3.63, 3.8) is 0 Å². The molecule has 0 atom stereocenters. The Morgan fingerprint density at radius 3 is 2.50 bits per heavy atom. The van der Waals surface area contributed by atoms with E-state index in [1.165, 1.54) is 6.07 Å². The lowest BCUT2D eigenvalue weighted by Gasteiger charge is -2.07. The van der Waals surface area contributed by atoms with Crippen LogP contribution in [-0.2, 0) is 6.42 Å². The van der Waals surface area contributed by atoms with Crippen molar-refractivity contribution in [2.24, 2.45) is 0 Å². The summed E-state index contributed by atoms with van der Waals surface area (Å²) >= 11 is 7.68. The Morgan fingerprint density at radius 2 is 1.90 bits per heavy atom. The van der Waals surface area contributed by atoms with Gasteiger partial charge >= 0.3 is 0 Å². The van der Waals surface area contributed by atoms with E-state index in [4.69, 9.17) is 11.6 Å². The quantitative estimate of drug-likeness (QED) is 0.600. The van der Waals surface area contributed by atoms with E-state index in [-0.39, 0.29) is 11.7 Å². The molecular weight excluding hydrogens is 389 g/mol. The van der Waals surface area contributed by atoms with Gasteiger partial charge in [-0.2, -0.15) is 0 Å². The molecule has 20 heavy (non-hydrogen) atoms. The van der Waals surface area contributed by atoms with Crippen molar-refractivity contribution in [2.45, 2.75) is 6.42 Å². The normalized spacial score (nSPS) is 10.3. The van der Waals surface area contributed by atoms with Crippen LogP contribution in [0.5, 0.6) is 5.75 Å². The first-order chi connectivity index (χ1) is 9.60. The second-order valence-corrected chi connectivity index (χ2v) is 5.80. The van der Waals surface area contributed by atoms with E-state index in [2.05, 4.69) is 5.32 Å².